The van der Waals surface area contributed by atoms with Gasteiger partial charge in [0.25, 0.3) is 0 Å². The van der Waals surface area contributed by atoms with Gasteiger partial charge in [-0.15, -0.1) is 0 Å². The third-order valence-electron chi connectivity index (χ3n) is 2.35. The van der Waals surface area contributed by atoms with Gasteiger partial charge in [0.05, 0.1) is 0 Å². The Kier molecular flexibility index (Phi) is 3.73. The summed E-state index contributed by atoms with van der Waals surface area (Å²) in [4.78, 5) is 0. The molecule has 0 aliphatic heterocycles. The third-order valence-corrected chi connectivity index (χ3v) is 3.89. The maximum atomic E-state index is 5.93. The molecule has 2 aromatic carbocycles. The SMILES string of the molecule is Cc1ccc(-c2ccc(Cl)cc2Br)c(Br)c1. The van der Waals surface area contributed by atoms with Gasteiger partial charge in [-0.05, 0) is 41.8 Å². The van der Waals surface area contributed by atoms with Gasteiger partial charge in [0.2, 0.25) is 0 Å². The summed E-state index contributed by atoms with van der Waals surface area (Å²) in [6.45, 7) is 2.07. The molecule has 0 aliphatic rings. The van der Waals surface area contributed by atoms with Gasteiger partial charge < -0.3 is 0 Å². The zero-order valence-corrected chi connectivity index (χ0v) is 12.5. The molecule has 0 heterocycles. The summed E-state index contributed by atoms with van der Waals surface area (Å²) < 4.78 is 2.10. The fraction of sp³-hybridized carbons (Fsp3) is 0.0769. The highest BCUT2D eigenvalue weighted by Gasteiger charge is 2.07. The van der Waals surface area contributed by atoms with Crippen molar-refractivity contribution < 1.29 is 0 Å². The van der Waals surface area contributed by atoms with Crippen molar-refractivity contribution in [3.8, 4) is 11.1 Å². The van der Waals surface area contributed by atoms with Gasteiger partial charge in [-0.2, -0.15) is 0 Å². The van der Waals surface area contributed by atoms with Gasteiger partial charge in [-0.3, -0.25) is 0 Å². The predicted molar refractivity (Wildman–Crippen MR) is 77.0 cm³/mol. The average Bonchev–Trinajstić information content (AvgIpc) is 2.19. The molecule has 0 unspecified atom stereocenters. The van der Waals surface area contributed by atoms with Crippen LogP contribution in [0.5, 0.6) is 0 Å². The lowest BCUT2D eigenvalue weighted by atomic mass is 10.0. The molecule has 0 aliphatic carbocycles. The van der Waals surface area contributed by atoms with Crippen LogP contribution in [0.2, 0.25) is 5.02 Å². The Labute approximate surface area is 117 Å². The standard InChI is InChI=1S/C13H9Br2Cl/c1-8-2-4-10(12(14)6-8)11-5-3-9(16)7-13(11)15/h2-7H,1H3. The Morgan fingerprint density at radius 2 is 1.44 bits per heavy atom. The molecule has 0 spiro atoms. The van der Waals surface area contributed by atoms with Gasteiger partial charge in [-0.25, -0.2) is 0 Å². The lowest BCUT2D eigenvalue weighted by Gasteiger charge is -2.08. The zero-order chi connectivity index (χ0) is 11.7. The highest BCUT2D eigenvalue weighted by atomic mass is 79.9. The first-order valence-corrected chi connectivity index (χ1v) is 6.76. The average molecular weight is 360 g/mol. The van der Waals surface area contributed by atoms with Crippen LogP contribution in [0.15, 0.2) is 45.3 Å². The maximum absolute atomic E-state index is 5.93. The van der Waals surface area contributed by atoms with Crippen molar-refractivity contribution in [3.05, 3.63) is 55.9 Å². The lowest BCUT2D eigenvalue weighted by molar-refractivity contribution is 1.44. The number of rotatable bonds is 1. The second kappa shape index (κ2) is 4.91. The minimum atomic E-state index is 0.735. The molecular formula is C13H9Br2Cl. The molecule has 0 atom stereocenters. The summed E-state index contributed by atoms with van der Waals surface area (Å²) in [5, 5.41) is 0.735. The van der Waals surface area contributed by atoms with E-state index in [2.05, 4.69) is 57.0 Å². The van der Waals surface area contributed by atoms with Crippen LogP contribution in [0.25, 0.3) is 11.1 Å². The summed E-state index contributed by atoms with van der Waals surface area (Å²) in [6, 6.07) is 12.1. The summed E-state index contributed by atoms with van der Waals surface area (Å²) in [7, 11) is 0. The Hall–Kier alpha value is -0.310. The maximum Gasteiger partial charge on any atom is 0.0417 e. The van der Waals surface area contributed by atoms with Gasteiger partial charge in [-0.1, -0.05) is 61.7 Å². The number of benzene rings is 2. The number of aryl methyl sites for hydroxylation is 1. The van der Waals surface area contributed by atoms with Gasteiger partial charge in [0, 0.05) is 14.0 Å². The molecule has 0 nitrogen and oxygen atoms in total. The minimum Gasteiger partial charge on any atom is -0.0843 e. The molecule has 0 fully saturated rings. The molecule has 0 amide bonds. The van der Waals surface area contributed by atoms with E-state index >= 15 is 0 Å². The Balaban J connectivity index is 2.59. The van der Waals surface area contributed by atoms with E-state index in [1.807, 2.05) is 18.2 Å². The van der Waals surface area contributed by atoms with Crippen molar-refractivity contribution >= 4 is 43.5 Å². The molecule has 0 saturated heterocycles. The van der Waals surface area contributed by atoms with Crippen LogP contribution in [0.3, 0.4) is 0 Å². The van der Waals surface area contributed by atoms with E-state index in [0.717, 1.165) is 25.1 Å². The highest BCUT2D eigenvalue weighted by Crippen LogP contribution is 2.35. The monoisotopic (exact) mass is 358 g/mol. The van der Waals surface area contributed by atoms with Crippen molar-refractivity contribution in [1.82, 2.24) is 0 Å². The Morgan fingerprint density at radius 1 is 0.875 bits per heavy atom. The molecule has 16 heavy (non-hydrogen) atoms. The van der Waals surface area contributed by atoms with Crippen LogP contribution in [0, 0.1) is 6.92 Å². The van der Waals surface area contributed by atoms with Crippen LogP contribution in [-0.2, 0) is 0 Å². The largest absolute Gasteiger partial charge is 0.0843 e. The summed E-state index contributed by atoms with van der Waals surface area (Å²) >= 11 is 13.0. The molecule has 0 bridgehead atoms. The molecule has 2 aromatic rings. The highest BCUT2D eigenvalue weighted by molar-refractivity contribution is 9.11. The van der Waals surface area contributed by atoms with Crippen LogP contribution >= 0.6 is 43.5 Å². The Bertz CT molecular complexity index is 486. The van der Waals surface area contributed by atoms with Crippen LogP contribution < -0.4 is 0 Å². The van der Waals surface area contributed by atoms with Crippen LogP contribution in [0.1, 0.15) is 5.56 Å². The number of hydrogen-bond donors (Lipinski definition) is 0. The van der Waals surface area contributed by atoms with Crippen molar-refractivity contribution in [3.63, 3.8) is 0 Å². The predicted octanol–water partition coefficient (Wildman–Crippen LogP) is 5.84. The minimum absolute atomic E-state index is 0.735. The number of hydrogen-bond acceptors (Lipinski definition) is 0. The van der Waals surface area contributed by atoms with Crippen LogP contribution in [0.4, 0.5) is 0 Å². The first-order chi connectivity index (χ1) is 7.58. The van der Waals surface area contributed by atoms with Crippen molar-refractivity contribution in [2.24, 2.45) is 0 Å². The molecule has 0 aromatic heterocycles. The van der Waals surface area contributed by atoms with E-state index in [9.17, 15) is 0 Å². The smallest absolute Gasteiger partial charge is 0.0417 e. The first kappa shape index (κ1) is 12.2. The van der Waals surface area contributed by atoms with Crippen LogP contribution in [-0.4, -0.2) is 0 Å². The van der Waals surface area contributed by atoms with Gasteiger partial charge in [0.1, 0.15) is 0 Å². The van der Waals surface area contributed by atoms with E-state index in [-0.39, 0.29) is 0 Å². The summed E-state index contributed by atoms with van der Waals surface area (Å²) in [5.74, 6) is 0. The fourth-order valence-corrected chi connectivity index (χ4v) is 3.15. The van der Waals surface area contributed by atoms with E-state index < -0.39 is 0 Å². The third kappa shape index (κ3) is 2.50. The lowest BCUT2D eigenvalue weighted by Crippen LogP contribution is -1.83. The summed E-state index contributed by atoms with van der Waals surface area (Å²) in [6.07, 6.45) is 0. The van der Waals surface area contributed by atoms with E-state index in [0.29, 0.717) is 0 Å². The Morgan fingerprint density at radius 3 is 2.00 bits per heavy atom. The molecule has 0 radical (unpaired) electrons. The molecule has 3 heteroatoms. The molecule has 2 rings (SSSR count). The fourth-order valence-electron chi connectivity index (χ4n) is 1.55. The molecular weight excluding hydrogens is 351 g/mol. The van der Waals surface area contributed by atoms with E-state index in [1.54, 1.807) is 0 Å². The quantitative estimate of drug-likeness (QED) is 0.599. The van der Waals surface area contributed by atoms with Crippen molar-refractivity contribution in [2.45, 2.75) is 6.92 Å². The van der Waals surface area contributed by atoms with E-state index in [1.165, 1.54) is 5.56 Å². The second-order valence-corrected chi connectivity index (χ2v) is 5.75. The van der Waals surface area contributed by atoms with Crippen molar-refractivity contribution in [2.75, 3.05) is 0 Å². The number of halogens is 3. The van der Waals surface area contributed by atoms with E-state index in [4.69, 9.17) is 11.6 Å². The zero-order valence-electron chi connectivity index (χ0n) is 8.60. The molecule has 0 N–H and O–H groups in total. The molecule has 0 saturated carbocycles. The topological polar surface area (TPSA) is 0 Å². The van der Waals surface area contributed by atoms with Crippen molar-refractivity contribution in [1.29, 1.82) is 0 Å². The molecule has 82 valence electrons. The van der Waals surface area contributed by atoms with Gasteiger partial charge >= 0.3 is 0 Å². The van der Waals surface area contributed by atoms with Gasteiger partial charge in [0.15, 0.2) is 0 Å². The second-order valence-electron chi connectivity index (χ2n) is 3.61. The first-order valence-electron chi connectivity index (χ1n) is 4.79. The summed E-state index contributed by atoms with van der Waals surface area (Å²) in [5.41, 5.74) is 3.53. The normalized spacial score (nSPS) is 10.5.